The fourth-order valence-electron chi connectivity index (χ4n) is 2.78. The van der Waals surface area contributed by atoms with Gasteiger partial charge in [-0.15, -0.1) is 0 Å². The van der Waals surface area contributed by atoms with Crippen LogP contribution in [0.25, 0.3) is 11.0 Å². The number of carbonyl (C=O) groups excluding carboxylic acids is 2. The molecule has 0 radical (unpaired) electrons. The zero-order valence-corrected chi connectivity index (χ0v) is 16.2. The maximum absolute atomic E-state index is 12.6. The predicted octanol–water partition coefficient (Wildman–Crippen LogP) is 2.97. The first-order chi connectivity index (χ1) is 13.3. The van der Waals surface area contributed by atoms with Gasteiger partial charge in [-0.1, -0.05) is 30.3 Å². The van der Waals surface area contributed by atoms with Crippen molar-refractivity contribution in [1.29, 1.82) is 0 Å². The molecule has 0 aliphatic carbocycles. The molecule has 7 nitrogen and oxygen atoms in total. The minimum Gasteiger partial charge on any atom is -0.460 e. The number of fused-ring (bicyclic) bond motifs is 1. The second-order valence-corrected chi connectivity index (χ2v) is 7.81. The van der Waals surface area contributed by atoms with Crippen molar-refractivity contribution >= 4 is 32.9 Å². The Bertz CT molecular complexity index is 1130. The molecule has 0 saturated heterocycles. The SMILES string of the molecule is CCOC(=O)c1oc2ccc(S(=O)(=O)NC(=O)Cc3ccccc3)cc2c1C. The summed E-state index contributed by atoms with van der Waals surface area (Å²) in [4.78, 5) is 24.0. The van der Waals surface area contributed by atoms with Crippen molar-refractivity contribution in [2.24, 2.45) is 0 Å². The quantitative estimate of drug-likeness (QED) is 0.637. The molecule has 8 heteroatoms. The maximum atomic E-state index is 12.6. The summed E-state index contributed by atoms with van der Waals surface area (Å²) in [6.07, 6.45) is -0.0555. The third-order valence-electron chi connectivity index (χ3n) is 4.13. The van der Waals surface area contributed by atoms with Crippen LogP contribution in [0.4, 0.5) is 0 Å². The van der Waals surface area contributed by atoms with Gasteiger partial charge in [0.15, 0.2) is 0 Å². The van der Waals surface area contributed by atoms with E-state index in [0.717, 1.165) is 0 Å². The van der Waals surface area contributed by atoms with E-state index in [0.29, 0.717) is 22.1 Å². The summed E-state index contributed by atoms with van der Waals surface area (Å²) in [5.41, 5.74) is 1.53. The van der Waals surface area contributed by atoms with E-state index in [9.17, 15) is 18.0 Å². The van der Waals surface area contributed by atoms with Gasteiger partial charge in [-0.05, 0) is 37.6 Å². The van der Waals surface area contributed by atoms with Crippen molar-refractivity contribution < 1.29 is 27.2 Å². The number of benzene rings is 2. The highest BCUT2D eigenvalue weighted by Crippen LogP contribution is 2.28. The van der Waals surface area contributed by atoms with Gasteiger partial charge in [0.05, 0.1) is 17.9 Å². The lowest BCUT2D eigenvalue weighted by Crippen LogP contribution is -2.31. The van der Waals surface area contributed by atoms with Gasteiger partial charge < -0.3 is 9.15 Å². The molecule has 1 heterocycles. The number of hydrogen-bond acceptors (Lipinski definition) is 6. The Balaban J connectivity index is 1.86. The smallest absolute Gasteiger partial charge is 0.374 e. The Morgan fingerprint density at radius 2 is 1.82 bits per heavy atom. The fraction of sp³-hybridized carbons (Fsp3) is 0.200. The lowest BCUT2D eigenvalue weighted by molar-refractivity contribution is -0.118. The molecular weight excluding hydrogens is 382 g/mol. The van der Waals surface area contributed by atoms with E-state index in [1.807, 2.05) is 6.07 Å². The van der Waals surface area contributed by atoms with E-state index in [2.05, 4.69) is 4.72 Å². The number of carbonyl (C=O) groups is 2. The Morgan fingerprint density at radius 1 is 1.11 bits per heavy atom. The van der Waals surface area contributed by atoms with Gasteiger partial charge in [0.2, 0.25) is 11.7 Å². The third kappa shape index (κ3) is 4.07. The lowest BCUT2D eigenvalue weighted by atomic mass is 10.1. The summed E-state index contributed by atoms with van der Waals surface area (Å²) in [5, 5.41) is 0.460. The normalized spacial score (nSPS) is 11.4. The summed E-state index contributed by atoms with van der Waals surface area (Å²) in [7, 11) is -4.07. The molecule has 0 aliphatic heterocycles. The van der Waals surface area contributed by atoms with Gasteiger partial charge in [-0.3, -0.25) is 4.79 Å². The Kier molecular flexibility index (Phi) is 5.51. The van der Waals surface area contributed by atoms with Crippen LogP contribution >= 0.6 is 0 Å². The largest absolute Gasteiger partial charge is 0.460 e. The molecule has 28 heavy (non-hydrogen) atoms. The van der Waals surface area contributed by atoms with Crippen molar-refractivity contribution in [2.45, 2.75) is 25.2 Å². The van der Waals surface area contributed by atoms with Crippen LogP contribution in [0.2, 0.25) is 0 Å². The van der Waals surface area contributed by atoms with Crippen LogP contribution in [0.3, 0.4) is 0 Å². The minimum atomic E-state index is -4.07. The topological polar surface area (TPSA) is 103 Å². The van der Waals surface area contributed by atoms with Crippen LogP contribution in [0.1, 0.15) is 28.6 Å². The molecule has 0 aliphatic rings. The average Bonchev–Trinajstić information content (AvgIpc) is 2.98. The second-order valence-electron chi connectivity index (χ2n) is 6.13. The van der Waals surface area contributed by atoms with Gasteiger partial charge in [-0.25, -0.2) is 17.9 Å². The zero-order chi connectivity index (χ0) is 20.3. The Labute approximate surface area is 162 Å². The lowest BCUT2D eigenvalue weighted by Gasteiger charge is -2.07. The standard InChI is InChI=1S/C20H19NO6S/c1-3-26-20(23)19-13(2)16-12-15(9-10-17(16)27-19)28(24,25)21-18(22)11-14-7-5-4-6-8-14/h4-10,12H,3,11H2,1-2H3,(H,21,22). The molecule has 0 unspecified atom stereocenters. The first-order valence-electron chi connectivity index (χ1n) is 8.61. The van der Waals surface area contributed by atoms with Gasteiger partial charge in [0.1, 0.15) is 5.58 Å². The molecule has 146 valence electrons. The van der Waals surface area contributed by atoms with Crippen LogP contribution in [0, 0.1) is 6.92 Å². The monoisotopic (exact) mass is 401 g/mol. The number of ether oxygens (including phenoxy) is 1. The molecule has 0 bridgehead atoms. The summed E-state index contributed by atoms with van der Waals surface area (Å²) in [6.45, 7) is 3.52. The van der Waals surface area contributed by atoms with Gasteiger partial charge >= 0.3 is 5.97 Å². The summed E-state index contributed by atoms with van der Waals surface area (Å²) >= 11 is 0. The molecule has 2 aromatic carbocycles. The molecule has 0 atom stereocenters. The first-order valence-corrected chi connectivity index (χ1v) is 10.1. The maximum Gasteiger partial charge on any atom is 0.374 e. The summed E-state index contributed by atoms with van der Waals surface area (Å²) < 4.78 is 37.6. The van der Waals surface area contributed by atoms with E-state index in [1.165, 1.54) is 18.2 Å². The zero-order valence-electron chi connectivity index (χ0n) is 15.4. The number of furan rings is 1. The van der Waals surface area contributed by atoms with E-state index >= 15 is 0 Å². The van der Waals surface area contributed by atoms with Gasteiger partial charge in [0, 0.05) is 10.9 Å². The number of rotatable bonds is 6. The molecule has 1 aromatic heterocycles. The second kappa shape index (κ2) is 7.85. The molecule has 3 aromatic rings. The van der Waals surface area contributed by atoms with Crippen LogP contribution in [0.5, 0.6) is 0 Å². The van der Waals surface area contributed by atoms with Crippen LogP contribution in [-0.2, 0) is 26.0 Å². The summed E-state index contributed by atoms with van der Waals surface area (Å²) in [5.74, 6) is -1.22. The molecule has 1 amide bonds. The van der Waals surface area contributed by atoms with E-state index in [4.69, 9.17) is 9.15 Å². The molecule has 0 fully saturated rings. The number of esters is 1. The van der Waals surface area contributed by atoms with Crippen molar-refractivity contribution in [1.82, 2.24) is 4.72 Å². The first kappa shape index (κ1) is 19.6. The summed E-state index contributed by atoms with van der Waals surface area (Å²) in [6, 6.07) is 13.0. The highest BCUT2D eigenvalue weighted by molar-refractivity contribution is 7.90. The van der Waals surface area contributed by atoms with Gasteiger partial charge in [0.25, 0.3) is 10.0 Å². The average molecular weight is 401 g/mol. The van der Waals surface area contributed by atoms with Crippen LogP contribution in [-0.4, -0.2) is 26.9 Å². The number of nitrogens with one attached hydrogen (secondary N) is 1. The molecule has 0 saturated carbocycles. The van der Waals surface area contributed by atoms with Crippen LogP contribution < -0.4 is 4.72 Å². The number of amides is 1. The van der Waals surface area contributed by atoms with E-state index in [1.54, 1.807) is 38.1 Å². The van der Waals surface area contributed by atoms with Crippen LogP contribution in [0.15, 0.2) is 57.8 Å². The van der Waals surface area contributed by atoms with Crippen molar-refractivity contribution in [2.75, 3.05) is 6.61 Å². The Hall–Kier alpha value is -3.13. The van der Waals surface area contributed by atoms with E-state index in [-0.39, 0.29) is 23.7 Å². The van der Waals surface area contributed by atoms with Crippen molar-refractivity contribution in [3.05, 3.63) is 65.4 Å². The van der Waals surface area contributed by atoms with Gasteiger partial charge in [-0.2, -0.15) is 0 Å². The Morgan fingerprint density at radius 3 is 2.50 bits per heavy atom. The van der Waals surface area contributed by atoms with Crippen molar-refractivity contribution in [3.63, 3.8) is 0 Å². The predicted molar refractivity (Wildman–Crippen MR) is 102 cm³/mol. The third-order valence-corrected chi connectivity index (χ3v) is 5.51. The van der Waals surface area contributed by atoms with Crippen molar-refractivity contribution in [3.8, 4) is 0 Å². The highest BCUT2D eigenvalue weighted by atomic mass is 32.2. The number of hydrogen-bond donors (Lipinski definition) is 1. The van der Waals surface area contributed by atoms with E-state index < -0.39 is 21.9 Å². The number of sulfonamides is 1. The molecular formula is C20H19NO6S. The fourth-order valence-corrected chi connectivity index (χ4v) is 3.79. The molecule has 3 rings (SSSR count). The number of aryl methyl sites for hydroxylation is 1. The highest BCUT2D eigenvalue weighted by Gasteiger charge is 2.22. The minimum absolute atomic E-state index is 0.0273. The molecule has 1 N–H and O–H groups in total. The molecule has 0 spiro atoms.